The highest BCUT2D eigenvalue weighted by Gasteiger charge is 2.37. The summed E-state index contributed by atoms with van der Waals surface area (Å²) in [6, 6.07) is 10.5. The number of hydrogen-bond acceptors (Lipinski definition) is 3. The predicted molar refractivity (Wildman–Crippen MR) is 104 cm³/mol. The maximum Gasteiger partial charge on any atom is 0.282 e. The first-order chi connectivity index (χ1) is 12.6. The number of methoxy groups -OCH3 is 1. The lowest BCUT2D eigenvalue weighted by molar-refractivity contribution is 0.117. The number of hydrogen-bond donors (Lipinski definition) is 0. The lowest BCUT2D eigenvalue weighted by Gasteiger charge is -2.40. The van der Waals surface area contributed by atoms with Crippen LogP contribution >= 0.6 is 0 Å². The van der Waals surface area contributed by atoms with Gasteiger partial charge >= 0.3 is 0 Å². The van der Waals surface area contributed by atoms with Gasteiger partial charge in [-0.15, -0.1) is 0 Å². The molecule has 6 heteroatoms. The summed E-state index contributed by atoms with van der Waals surface area (Å²) in [7, 11) is -1.63. The Labute approximate surface area is 158 Å². The van der Waals surface area contributed by atoms with E-state index in [1.165, 1.54) is 5.56 Å². The summed E-state index contributed by atoms with van der Waals surface area (Å²) in [6.45, 7) is 2.65. The average Bonchev–Trinajstić information content (AvgIpc) is 2.68. The fraction of sp³-hybridized carbons (Fsp3) is 0.700. The molecule has 0 spiro atoms. The van der Waals surface area contributed by atoms with Gasteiger partial charge in [0, 0.05) is 39.4 Å². The van der Waals surface area contributed by atoms with Crippen molar-refractivity contribution in [1.29, 1.82) is 0 Å². The van der Waals surface area contributed by atoms with Crippen molar-refractivity contribution < 1.29 is 13.2 Å². The highest BCUT2D eigenvalue weighted by atomic mass is 32.2. The van der Waals surface area contributed by atoms with E-state index in [1.54, 1.807) is 15.7 Å². The maximum atomic E-state index is 13.2. The number of rotatable bonds is 7. The fourth-order valence-corrected chi connectivity index (χ4v) is 6.15. The first-order valence-electron chi connectivity index (χ1n) is 9.91. The van der Waals surface area contributed by atoms with Crippen LogP contribution in [0.5, 0.6) is 0 Å². The second kappa shape index (κ2) is 9.31. The Kier molecular flexibility index (Phi) is 7.09. The molecule has 2 heterocycles. The number of ether oxygens (including phenoxy) is 1. The Bertz CT molecular complexity index is 642. The molecular weight excluding hydrogens is 348 g/mol. The van der Waals surface area contributed by atoms with Gasteiger partial charge in [0.1, 0.15) is 0 Å². The minimum Gasteiger partial charge on any atom is -0.384 e. The summed E-state index contributed by atoms with van der Waals surface area (Å²) in [5.41, 5.74) is 1.29. The Balaban J connectivity index is 1.62. The molecular formula is C20H32N2O3S. The van der Waals surface area contributed by atoms with Gasteiger partial charge < -0.3 is 4.74 Å². The summed E-state index contributed by atoms with van der Waals surface area (Å²) in [5, 5.41) is 0. The zero-order valence-electron chi connectivity index (χ0n) is 15.8. The van der Waals surface area contributed by atoms with Crippen LogP contribution in [0.4, 0.5) is 0 Å². The number of nitrogens with zero attached hydrogens (tertiary/aromatic N) is 2. The highest BCUT2D eigenvalue weighted by molar-refractivity contribution is 7.86. The first kappa shape index (κ1) is 19.8. The lowest BCUT2D eigenvalue weighted by Crippen LogP contribution is -2.52. The van der Waals surface area contributed by atoms with Crippen LogP contribution < -0.4 is 0 Å². The van der Waals surface area contributed by atoms with Crippen LogP contribution in [0.3, 0.4) is 0 Å². The van der Waals surface area contributed by atoms with Crippen LogP contribution in [0, 0.1) is 5.92 Å². The average molecular weight is 381 g/mol. The van der Waals surface area contributed by atoms with E-state index in [1.807, 2.05) is 6.07 Å². The quantitative estimate of drug-likeness (QED) is 0.730. The molecule has 2 aliphatic rings. The van der Waals surface area contributed by atoms with Crippen LogP contribution in [-0.2, 0) is 21.4 Å². The van der Waals surface area contributed by atoms with Gasteiger partial charge in [0.2, 0.25) is 0 Å². The highest BCUT2D eigenvalue weighted by Crippen LogP contribution is 2.28. The molecule has 0 unspecified atom stereocenters. The molecule has 1 aromatic rings. The van der Waals surface area contributed by atoms with Crippen molar-refractivity contribution in [3.63, 3.8) is 0 Å². The molecule has 5 nitrogen and oxygen atoms in total. The van der Waals surface area contributed by atoms with Crippen molar-refractivity contribution in [3.05, 3.63) is 35.9 Å². The number of aryl methyl sites for hydroxylation is 1. The van der Waals surface area contributed by atoms with Crippen molar-refractivity contribution in [3.8, 4) is 0 Å². The van der Waals surface area contributed by atoms with Crippen molar-refractivity contribution in [2.24, 2.45) is 5.92 Å². The molecule has 0 N–H and O–H groups in total. The van der Waals surface area contributed by atoms with Crippen molar-refractivity contribution in [2.45, 2.75) is 51.0 Å². The molecule has 146 valence electrons. The van der Waals surface area contributed by atoms with Gasteiger partial charge in [0.15, 0.2) is 0 Å². The third-order valence-corrected chi connectivity index (χ3v) is 7.87. The van der Waals surface area contributed by atoms with Gasteiger partial charge in [-0.2, -0.15) is 17.0 Å². The molecule has 0 aromatic heterocycles. The first-order valence-corrected chi connectivity index (χ1v) is 11.3. The van der Waals surface area contributed by atoms with Gasteiger partial charge in [-0.05, 0) is 50.0 Å². The second-order valence-electron chi connectivity index (χ2n) is 7.59. The van der Waals surface area contributed by atoms with E-state index in [0.717, 1.165) is 51.6 Å². The molecule has 2 fully saturated rings. The Morgan fingerprint density at radius 3 is 2.46 bits per heavy atom. The van der Waals surface area contributed by atoms with Crippen LogP contribution in [-0.4, -0.2) is 56.4 Å². The smallest absolute Gasteiger partial charge is 0.282 e. The second-order valence-corrected chi connectivity index (χ2v) is 9.47. The predicted octanol–water partition coefficient (Wildman–Crippen LogP) is 3.08. The van der Waals surface area contributed by atoms with Gasteiger partial charge in [-0.1, -0.05) is 36.8 Å². The summed E-state index contributed by atoms with van der Waals surface area (Å²) in [6.07, 6.45) is 6.72. The van der Waals surface area contributed by atoms with Crippen molar-refractivity contribution in [1.82, 2.24) is 8.61 Å². The van der Waals surface area contributed by atoms with Crippen LogP contribution in [0.2, 0.25) is 0 Å². The Hall–Kier alpha value is -0.950. The van der Waals surface area contributed by atoms with E-state index in [4.69, 9.17) is 4.74 Å². The molecule has 26 heavy (non-hydrogen) atoms. The van der Waals surface area contributed by atoms with Gasteiger partial charge in [-0.25, -0.2) is 0 Å². The summed E-state index contributed by atoms with van der Waals surface area (Å²) in [4.78, 5) is 0. The van der Waals surface area contributed by atoms with E-state index in [0.29, 0.717) is 25.6 Å². The number of piperidine rings is 2. The Morgan fingerprint density at radius 2 is 1.77 bits per heavy atom. The molecule has 0 aliphatic carbocycles. The third kappa shape index (κ3) is 4.85. The molecule has 2 saturated heterocycles. The van der Waals surface area contributed by atoms with Crippen LogP contribution in [0.25, 0.3) is 0 Å². The van der Waals surface area contributed by atoms with E-state index in [9.17, 15) is 8.42 Å². The number of benzene rings is 1. The largest absolute Gasteiger partial charge is 0.384 e. The molecule has 0 amide bonds. The van der Waals surface area contributed by atoms with Gasteiger partial charge in [-0.3, -0.25) is 0 Å². The normalized spacial score (nSPS) is 24.0. The van der Waals surface area contributed by atoms with Gasteiger partial charge in [0.05, 0.1) is 0 Å². The van der Waals surface area contributed by atoms with E-state index >= 15 is 0 Å². The maximum absolute atomic E-state index is 13.2. The minimum atomic E-state index is -3.35. The molecule has 2 aliphatic heterocycles. The fourth-order valence-electron chi connectivity index (χ4n) is 4.23. The summed E-state index contributed by atoms with van der Waals surface area (Å²) < 4.78 is 35.2. The molecule has 3 rings (SSSR count). The zero-order chi connectivity index (χ0) is 18.4. The Morgan fingerprint density at radius 1 is 1.04 bits per heavy atom. The summed E-state index contributed by atoms with van der Waals surface area (Å²) >= 11 is 0. The summed E-state index contributed by atoms with van der Waals surface area (Å²) in [5.74, 6) is 0.488. The zero-order valence-corrected chi connectivity index (χ0v) is 16.7. The van der Waals surface area contributed by atoms with Crippen molar-refractivity contribution >= 4 is 10.2 Å². The topological polar surface area (TPSA) is 49.9 Å². The minimum absolute atomic E-state index is 0.130. The van der Waals surface area contributed by atoms with Gasteiger partial charge in [0.25, 0.3) is 10.2 Å². The standard InChI is InChI=1S/C20H32N2O3S/c1-25-17-19-12-15-21(16-13-19)26(23,24)22-14-6-5-9-20(22)11-10-18-7-3-2-4-8-18/h2-4,7-8,19-20H,5-6,9-17H2,1H3/t20-/m1/s1. The van der Waals surface area contributed by atoms with Crippen molar-refractivity contribution in [2.75, 3.05) is 33.4 Å². The third-order valence-electron chi connectivity index (χ3n) is 5.78. The van der Waals surface area contributed by atoms with E-state index < -0.39 is 10.2 Å². The van der Waals surface area contributed by atoms with E-state index in [2.05, 4.69) is 24.3 Å². The SMILES string of the molecule is COCC1CCN(S(=O)(=O)N2CCCC[C@@H]2CCc2ccccc2)CC1. The molecule has 0 radical (unpaired) electrons. The molecule has 0 saturated carbocycles. The molecule has 1 atom stereocenters. The van der Waals surface area contributed by atoms with E-state index in [-0.39, 0.29) is 6.04 Å². The molecule has 0 bridgehead atoms. The monoisotopic (exact) mass is 380 g/mol. The lowest BCUT2D eigenvalue weighted by atomic mass is 9.98. The van der Waals surface area contributed by atoms with Crippen LogP contribution in [0.1, 0.15) is 44.1 Å². The van der Waals surface area contributed by atoms with Crippen LogP contribution in [0.15, 0.2) is 30.3 Å². The molecule has 1 aromatic carbocycles.